The van der Waals surface area contributed by atoms with E-state index in [2.05, 4.69) is 41.5 Å². The molecule has 0 bridgehead atoms. The molecule has 0 amide bonds. The van der Waals surface area contributed by atoms with Crippen LogP contribution >= 0.6 is 0 Å². The van der Waals surface area contributed by atoms with E-state index in [4.69, 9.17) is 0 Å². The van der Waals surface area contributed by atoms with E-state index >= 15 is 0 Å². The third-order valence-electron chi connectivity index (χ3n) is 5.09. The number of para-hydroxylation sites is 1. The average Bonchev–Trinajstić information content (AvgIpc) is 2.89. The molecule has 1 aliphatic carbocycles. The van der Waals surface area contributed by atoms with Crippen molar-refractivity contribution in [1.29, 1.82) is 0 Å². The Labute approximate surface area is 123 Å². The lowest BCUT2D eigenvalue weighted by molar-refractivity contribution is 0.229. The molecule has 1 unspecified atom stereocenters. The van der Waals surface area contributed by atoms with E-state index < -0.39 is 0 Å². The van der Waals surface area contributed by atoms with Crippen molar-refractivity contribution in [2.24, 2.45) is 5.92 Å². The van der Waals surface area contributed by atoms with Crippen LogP contribution in [0.2, 0.25) is 0 Å². The second-order valence-corrected chi connectivity index (χ2v) is 6.72. The van der Waals surface area contributed by atoms with Crippen molar-refractivity contribution in [3.63, 3.8) is 0 Å². The van der Waals surface area contributed by atoms with E-state index in [1.807, 2.05) is 0 Å². The molecular formula is C18H28N2. The lowest BCUT2D eigenvalue weighted by atomic mass is 9.89. The molecule has 1 atom stereocenters. The smallest absolute Gasteiger partial charge is 0.0376 e. The summed E-state index contributed by atoms with van der Waals surface area (Å²) in [6.45, 7) is 3.66. The molecule has 110 valence electrons. The largest absolute Gasteiger partial charge is 0.384 e. The Hall–Kier alpha value is -1.02. The van der Waals surface area contributed by atoms with Gasteiger partial charge in [-0.3, -0.25) is 0 Å². The molecule has 1 fully saturated rings. The first-order valence-electron chi connectivity index (χ1n) is 8.34. The van der Waals surface area contributed by atoms with Gasteiger partial charge in [0, 0.05) is 24.7 Å². The molecule has 2 nitrogen and oxygen atoms in total. The summed E-state index contributed by atoms with van der Waals surface area (Å²) in [5, 5.41) is 3.54. The first kappa shape index (κ1) is 13.9. The first-order chi connectivity index (χ1) is 9.83. The number of fused-ring (bicyclic) bond motifs is 1. The van der Waals surface area contributed by atoms with E-state index in [1.54, 1.807) is 0 Å². The Balaban J connectivity index is 1.45. The molecule has 0 aromatic heterocycles. The number of nitrogens with one attached hydrogen (secondary N) is 1. The van der Waals surface area contributed by atoms with Crippen molar-refractivity contribution in [1.82, 2.24) is 4.90 Å². The van der Waals surface area contributed by atoms with E-state index in [9.17, 15) is 0 Å². The van der Waals surface area contributed by atoms with E-state index in [0.717, 1.165) is 12.5 Å². The van der Waals surface area contributed by atoms with Crippen molar-refractivity contribution in [2.75, 3.05) is 32.0 Å². The minimum absolute atomic E-state index is 0.708. The third-order valence-corrected chi connectivity index (χ3v) is 5.09. The molecule has 2 aliphatic rings. The average molecular weight is 272 g/mol. The quantitative estimate of drug-likeness (QED) is 0.868. The van der Waals surface area contributed by atoms with Gasteiger partial charge in [0.05, 0.1) is 0 Å². The van der Waals surface area contributed by atoms with Gasteiger partial charge >= 0.3 is 0 Å². The summed E-state index contributed by atoms with van der Waals surface area (Å²) in [5.74, 6) is 1.67. The summed E-state index contributed by atoms with van der Waals surface area (Å²) in [5.41, 5.74) is 2.88. The Morgan fingerprint density at radius 3 is 2.80 bits per heavy atom. The van der Waals surface area contributed by atoms with Crippen LogP contribution < -0.4 is 5.32 Å². The second-order valence-electron chi connectivity index (χ2n) is 6.72. The summed E-state index contributed by atoms with van der Waals surface area (Å²) in [6.07, 6.45) is 8.57. The predicted molar refractivity (Wildman–Crippen MR) is 86.4 cm³/mol. The predicted octanol–water partition coefficient (Wildman–Crippen LogP) is 4.10. The van der Waals surface area contributed by atoms with Crippen molar-refractivity contribution in [2.45, 2.75) is 44.4 Å². The number of anilines is 1. The maximum absolute atomic E-state index is 3.54. The lowest BCUT2D eigenvalue weighted by Gasteiger charge is -2.27. The molecular weight excluding hydrogens is 244 g/mol. The van der Waals surface area contributed by atoms with Crippen LogP contribution in [0.25, 0.3) is 0 Å². The van der Waals surface area contributed by atoms with E-state index in [1.165, 1.54) is 62.9 Å². The highest BCUT2D eigenvalue weighted by Crippen LogP contribution is 2.33. The van der Waals surface area contributed by atoms with Gasteiger partial charge in [-0.25, -0.2) is 0 Å². The van der Waals surface area contributed by atoms with Crippen molar-refractivity contribution < 1.29 is 0 Å². The monoisotopic (exact) mass is 272 g/mol. The fraction of sp³-hybridized carbons (Fsp3) is 0.667. The molecule has 1 heterocycles. The third kappa shape index (κ3) is 3.35. The Morgan fingerprint density at radius 2 is 1.95 bits per heavy atom. The number of rotatable bonds is 5. The highest BCUT2D eigenvalue weighted by Gasteiger charge is 2.22. The van der Waals surface area contributed by atoms with Gasteiger partial charge in [0.1, 0.15) is 0 Å². The fourth-order valence-corrected chi connectivity index (χ4v) is 3.89. The molecule has 1 aromatic rings. The zero-order chi connectivity index (χ0) is 13.8. The van der Waals surface area contributed by atoms with Crippen molar-refractivity contribution >= 4 is 5.69 Å². The molecule has 3 rings (SSSR count). The summed E-state index contributed by atoms with van der Waals surface area (Å²) < 4.78 is 0. The van der Waals surface area contributed by atoms with Crippen LogP contribution in [-0.4, -0.2) is 31.6 Å². The van der Waals surface area contributed by atoms with Gasteiger partial charge in [-0.15, -0.1) is 0 Å². The summed E-state index contributed by atoms with van der Waals surface area (Å²) in [4.78, 5) is 2.57. The van der Waals surface area contributed by atoms with E-state index in [-0.39, 0.29) is 0 Å². The summed E-state index contributed by atoms with van der Waals surface area (Å²) >= 11 is 0. The van der Waals surface area contributed by atoms with Crippen LogP contribution in [0.15, 0.2) is 24.3 Å². The number of benzene rings is 1. The van der Waals surface area contributed by atoms with Gasteiger partial charge < -0.3 is 10.2 Å². The second kappa shape index (κ2) is 6.62. The molecule has 0 saturated heterocycles. The van der Waals surface area contributed by atoms with Crippen LogP contribution in [0.3, 0.4) is 0 Å². The maximum atomic E-state index is 3.54. The molecule has 20 heavy (non-hydrogen) atoms. The van der Waals surface area contributed by atoms with Gasteiger partial charge in [0.25, 0.3) is 0 Å². The molecule has 1 aromatic carbocycles. The molecule has 0 radical (unpaired) electrons. The molecule has 0 spiro atoms. The summed E-state index contributed by atoms with van der Waals surface area (Å²) in [6, 6.07) is 8.80. The number of nitrogens with zero attached hydrogens (tertiary/aromatic N) is 1. The molecule has 1 N–H and O–H groups in total. The fourth-order valence-electron chi connectivity index (χ4n) is 3.89. The Bertz CT molecular complexity index is 423. The van der Waals surface area contributed by atoms with Crippen LogP contribution in [0, 0.1) is 5.92 Å². The maximum Gasteiger partial charge on any atom is 0.0376 e. The molecule has 1 saturated carbocycles. The van der Waals surface area contributed by atoms with Gasteiger partial charge in [-0.1, -0.05) is 37.5 Å². The minimum atomic E-state index is 0.708. The van der Waals surface area contributed by atoms with Crippen molar-refractivity contribution in [3.8, 4) is 0 Å². The standard InChI is InChI=1S/C18H28N2/c1-20(14-15-7-3-2-4-8-15)12-11-16-13-19-18-10-6-5-9-17(16)18/h5-6,9-10,15-16,19H,2-4,7-8,11-14H2,1H3. The normalized spacial score (nSPS) is 22.8. The van der Waals surface area contributed by atoms with Crippen LogP contribution in [0.4, 0.5) is 5.69 Å². The lowest BCUT2D eigenvalue weighted by Crippen LogP contribution is -2.29. The van der Waals surface area contributed by atoms with Gasteiger partial charge in [0.15, 0.2) is 0 Å². The number of hydrogen-bond acceptors (Lipinski definition) is 2. The van der Waals surface area contributed by atoms with Crippen LogP contribution in [0.1, 0.15) is 50.0 Å². The highest BCUT2D eigenvalue weighted by molar-refractivity contribution is 5.57. The van der Waals surface area contributed by atoms with Crippen LogP contribution in [0.5, 0.6) is 0 Å². The highest BCUT2D eigenvalue weighted by atomic mass is 15.1. The summed E-state index contributed by atoms with van der Waals surface area (Å²) in [7, 11) is 2.31. The zero-order valence-electron chi connectivity index (χ0n) is 12.8. The zero-order valence-corrected chi connectivity index (χ0v) is 12.8. The first-order valence-corrected chi connectivity index (χ1v) is 8.34. The Kier molecular flexibility index (Phi) is 4.62. The Morgan fingerprint density at radius 1 is 1.15 bits per heavy atom. The molecule has 1 aliphatic heterocycles. The minimum Gasteiger partial charge on any atom is -0.384 e. The SMILES string of the molecule is CN(CCC1CNc2ccccc21)CC1CCCCC1. The van der Waals surface area contributed by atoms with Crippen LogP contribution in [-0.2, 0) is 0 Å². The van der Waals surface area contributed by atoms with Crippen molar-refractivity contribution in [3.05, 3.63) is 29.8 Å². The molecule has 2 heteroatoms. The van der Waals surface area contributed by atoms with Gasteiger partial charge in [-0.05, 0) is 50.4 Å². The topological polar surface area (TPSA) is 15.3 Å². The van der Waals surface area contributed by atoms with E-state index in [0.29, 0.717) is 5.92 Å². The van der Waals surface area contributed by atoms with Gasteiger partial charge in [0.2, 0.25) is 0 Å². The number of hydrogen-bond donors (Lipinski definition) is 1. The van der Waals surface area contributed by atoms with Gasteiger partial charge in [-0.2, -0.15) is 0 Å².